The van der Waals surface area contributed by atoms with Crippen LogP contribution in [0.4, 0.5) is 4.39 Å². The quantitative estimate of drug-likeness (QED) is 0.728. The fourth-order valence-corrected chi connectivity index (χ4v) is 0.844. The van der Waals surface area contributed by atoms with Crippen LogP contribution in [0.25, 0.3) is 0 Å². The van der Waals surface area contributed by atoms with Crippen molar-refractivity contribution in [3.8, 4) is 0 Å². The lowest BCUT2D eigenvalue weighted by Gasteiger charge is -2.12. The zero-order valence-corrected chi connectivity index (χ0v) is 9.63. The third-order valence-corrected chi connectivity index (χ3v) is 1.71. The van der Waals surface area contributed by atoms with Gasteiger partial charge in [0.05, 0.1) is 0 Å². The Balaban J connectivity index is 0.000000791. The molecule has 0 saturated carbocycles. The predicted octanol–water partition coefficient (Wildman–Crippen LogP) is 3.27. The summed E-state index contributed by atoms with van der Waals surface area (Å²) in [5.74, 6) is 0.753. The van der Waals surface area contributed by atoms with Gasteiger partial charge in [0, 0.05) is 24.4 Å². The second-order valence-corrected chi connectivity index (χ2v) is 3.21. The van der Waals surface area contributed by atoms with Crippen LogP contribution in [-0.2, 0) is 12.1 Å². The minimum atomic E-state index is -1.34. The second-order valence-electron chi connectivity index (χ2n) is 3.21. The van der Waals surface area contributed by atoms with Crippen molar-refractivity contribution >= 4 is 0 Å². The van der Waals surface area contributed by atoms with E-state index in [2.05, 4.69) is 9.97 Å². The molecule has 80 valence electrons. The van der Waals surface area contributed by atoms with Crippen molar-refractivity contribution in [1.29, 1.82) is 0 Å². The summed E-state index contributed by atoms with van der Waals surface area (Å²) in [6, 6.07) is 0. The summed E-state index contributed by atoms with van der Waals surface area (Å²) in [5, 5.41) is 0. The zero-order chi connectivity index (χ0) is 11.2. The van der Waals surface area contributed by atoms with Crippen LogP contribution in [0.5, 0.6) is 0 Å². The van der Waals surface area contributed by atoms with Gasteiger partial charge in [-0.15, -0.1) is 0 Å². The van der Waals surface area contributed by atoms with Crippen molar-refractivity contribution < 1.29 is 4.39 Å². The Morgan fingerprint density at radius 1 is 1.21 bits per heavy atom. The number of rotatable bonds is 2. The SMILES string of the molecule is CC.CCc1ncc(C(C)(C)F)cn1. The number of halogens is 1. The van der Waals surface area contributed by atoms with E-state index in [1.165, 1.54) is 13.8 Å². The van der Waals surface area contributed by atoms with E-state index in [-0.39, 0.29) is 0 Å². The van der Waals surface area contributed by atoms with Gasteiger partial charge < -0.3 is 0 Å². The first-order valence-corrected chi connectivity index (χ1v) is 5.04. The molecule has 0 unspecified atom stereocenters. The minimum absolute atomic E-state index is 0.528. The maximum Gasteiger partial charge on any atom is 0.133 e. The Hall–Kier alpha value is -0.990. The molecule has 0 spiro atoms. The van der Waals surface area contributed by atoms with Gasteiger partial charge in [0.1, 0.15) is 11.5 Å². The molecule has 0 amide bonds. The van der Waals surface area contributed by atoms with Crippen LogP contribution in [0.2, 0.25) is 0 Å². The number of nitrogens with zero attached hydrogens (tertiary/aromatic N) is 2. The molecule has 0 saturated heterocycles. The van der Waals surface area contributed by atoms with Crippen LogP contribution in [0, 0.1) is 0 Å². The molecular formula is C11H19FN2. The first-order chi connectivity index (χ1) is 6.54. The summed E-state index contributed by atoms with van der Waals surface area (Å²) in [7, 11) is 0. The molecule has 0 radical (unpaired) electrons. The summed E-state index contributed by atoms with van der Waals surface area (Å²) < 4.78 is 13.3. The van der Waals surface area contributed by atoms with Gasteiger partial charge in [-0.1, -0.05) is 20.8 Å². The summed E-state index contributed by atoms with van der Waals surface area (Å²) in [4.78, 5) is 8.03. The molecule has 1 aromatic heterocycles. The highest BCUT2D eigenvalue weighted by Gasteiger charge is 2.19. The number of hydrogen-bond donors (Lipinski definition) is 0. The molecular weight excluding hydrogens is 179 g/mol. The van der Waals surface area contributed by atoms with E-state index >= 15 is 0 Å². The number of hydrogen-bond acceptors (Lipinski definition) is 2. The lowest BCUT2D eigenvalue weighted by atomic mass is 10.0. The van der Waals surface area contributed by atoms with Crippen LogP contribution in [0.1, 0.15) is 46.0 Å². The van der Waals surface area contributed by atoms with Crippen molar-refractivity contribution in [1.82, 2.24) is 9.97 Å². The van der Waals surface area contributed by atoms with Crippen LogP contribution < -0.4 is 0 Å². The summed E-state index contributed by atoms with van der Waals surface area (Å²) in [6.07, 6.45) is 3.88. The molecule has 1 rings (SSSR count). The highest BCUT2D eigenvalue weighted by atomic mass is 19.1. The van der Waals surface area contributed by atoms with E-state index in [1.807, 2.05) is 20.8 Å². The highest BCUT2D eigenvalue weighted by molar-refractivity contribution is 5.12. The van der Waals surface area contributed by atoms with Gasteiger partial charge in [-0.25, -0.2) is 14.4 Å². The first kappa shape index (κ1) is 13.0. The van der Waals surface area contributed by atoms with E-state index < -0.39 is 5.67 Å². The second kappa shape index (κ2) is 5.68. The zero-order valence-electron chi connectivity index (χ0n) is 9.63. The topological polar surface area (TPSA) is 25.8 Å². The molecule has 0 atom stereocenters. The van der Waals surface area contributed by atoms with Gasteiger partial charge >= 0.3 is 0 Å². The number of alkyl halides is 1. The summed E-state index contributed by atoms with van der Waals surface area (Å²) in [6.45, 7) is 8.96. The molecule has 0 fully saturated rings. The Labute approximate surface area is 85.6 Å². The van der Waals surface area contributed by atoms with Gasteiger partial charge in [-0.3, -0.25) is 0 Å². The third-order valence-electron chi connectivity index (χ3n) is 1.71. The van der Waals surface area contributed by atoms with Crippen LogP contribution in [0.3, 0.4) is 0 Å². The normalized spacial score (nSPS) is 10.4. The van der Waals surface area contributed by atoms with Crippen LogP contribution in [-0.4, -0.2) is 9.97 Å². The van der Waals surface area contributed by atoms with E-state index in [1.54, 1.807) is 12.4 Å². The average molecular weight is 198 g/mol. The summed E-state index contributed by atoms with van der Waals surface area (Å²) in [5.41, 5.74) is -0.814. The predicted molar refractivity (Wildman–Crippen MR) is 56.9 cm³/mol. The molecule has 0 aliphatic rings. The molecule has 14 heavy (non-hydrogen) atoms. The van der Waals surface area contributed by atoms with Crippen LogP contribution in [0.15, 0.2) is 12.4 Å². The van der Waals surface area contributed by atoms with Gasteiger partial charge in [0.25, 0.3) is 0 Å². The fourth-order valence-electron chi connectivity index (χ4n) is 0.844. The molecule has 0 N–H and O–H groups in total. The maximum atomic E-state index is 13.3. The average Bonchev–Trinajstić information content (AvgIpc) is 2.20. The monoisotopic (exact) mass is 198 g/mol. The van der Waals surface area contributed by atoms with Crippen molar-refractivity contribution in [2.75, 3.05) is 0 Å². The largest absolute Gasteiger partial charge is 0.241 e. The Morgan fingerprint density at radius 3 is 1.93 bits per heavy atom. The molecule has 0 aromatic carbocycles. The maximum absolute atomic E-state index is 13.3. The van der Waals surface area contributed by atoms with E-state index in [9.17, 15) is 4.39 Å². The number of aryl methyl sites for hydroxylation is 1. The Morgan fingerprint density at radius 2 is 1.64 bits per heavy atom. The Kier molecular flexibility index (Phi) is 5.28. The molecule has 3 heteroatoms. The van der Waals surface area contributed by atoms with Gasteiger partial charge in [-0.2, -0.15) is 0 Å². The molecule has 1 heterocycles. The third kappa shape index (κ3) is 3.81. The molecule has 2 nitrogen and oxygen atoms in total. The van der Waals surface area contributed by atoms with Crippen molar-refractivity contribution in [3.05, 3.63) is 23.8 Å². The van der Waals surface area contributed by atoms with Gasteiger partial charge in [0.15, 0.2) is 0 Å². The van der Waals surface area contributed by atoms with Gasteiger partial charge in [0.2, 0.25) is 0 Å². The van der Waals surface area contributed by atoms with E-state index in [4.69, 9.17) is 0 Å². The van der Waals surface area contributed by atoms with Crippen molar-refractivity contribution in [2.24, 2.45) is 0 Å². The lowest BCUT2D eigenvalue weighted by molar-refractivity contribution is 0.220. The molecule has 0 aliphatic carbocycles. The molecule has 1 aromatic rings. The minimum Gasteiger partial charge on any atom is -0.241 e. The fraction of sp³-hybridized carbons (Fsp3) is 0.636. The van der Waals surface area contributed by atoms with E-state index in [0.29, 0.717) is 5.56 Å². The lowest BCUT2D eigenvalue weighted by Crippen LogP contribution is -2.10. The van der Waals surface area contributed by atoms with E-state index in [0.717, 1.165) is 12.2 Å². The smallest absolute Gasteiger partial charge is 0.133 e. The van der Waals surface area contributed by atoms with Crippen molar-refractivity contribution in [3.63, 3.8) is 0 Å². The van der Waals surface area contributed by atoms with Crippen LogP contribution >= 0.6 is 0 Å². The summed E-state index contributed by atoms with van der Waals surface area (Å²) >= 11 is 0. The number of aromatic nitrogens is 2. The van der Waals surface area contributed by atoms with Gasteiger partial charge in [-0.05, 0) is 13.8 Å². The molecule has 0 aliphatic heterocycles. The van der Waals surface area contributed by atoms with Crippen molar-refractivity contribution in [2.45, 2.75) is 46.7 Å². The highest BCUT2D eigenvalue weighted by Crippen LogP contribution is 2.22. The Bertz CT molecular complexity index is 249. The molecule has 0 bridgehead atoms. The standard InChI is InChI=1S/C9H13FN2.C2H6/c1-4-8-11-5-7(6-12-8)9(2,3)10;1-2/h5-6H,4H2,1-3H3;1-2H3. The first-order valence-electron chi connectivity index (χ1n) is 5.04.